The number of anilines is 1. The van der Waals surface area contributed by atoms with E-state index in [2.05, 4.69) is 32.5 Å². The van der Waals surface area contributed by atoms with Crippen molar-refractivity contribution in [2.45, 2.75) is 26.7 Å². The number of hydrogen-bond donors (Lipinski definition) is 1. The number of aryl methyl sites for hydroxylation is 2. The monoisotopic (exact) mass is 328 g/mol. The lowest BCUT2D eigenvalue weighted by atomic mass is 10.0. The molecule has 0 fully saturated rings. The number of hydrogen-bond acceptors (Lipinski definition) is 5. The van der Waals surface area contributed by atoms with Crippen LogP contribution >= 0.6 is 11.3 Å². The predicted molar refractivity (Wildman–Crippen MR) is 94.2 cm³/mol. The summed E-state index contributed by atoms with van der Waals surface area (Å²) in [6.45, 7) is 5.06. The van der Waals surface area contributed by atoms with E-state index in [9.17, 15) is 4.79 Å². The smallest absolute Gasteiger partial charge is 0.259 e. The van der Waals surface area contributed by atoms with Crippen molar-refractivity contribution in [2.24, 2.45) is 5.10 Å². The Morgan fingerprint density at radius 1 is 1.43 bits per heavy atom. The maximum absolute atomic E-state index is 12.2. The van der Waals surface area contributed by atoms with Gasteiger partial charge in [0, 0.05) is 12.2 Å². The van der Waals surface area contributed by atoms with Gasteiger partial charge in [-0.1, -0.05) is 18.2 Å². The van der Waals surface area contributed by atoms with Crippen LogP contribution in [0, 0.1) is 6.92 Å². The molecule has 6 heteroatoms. The van der Waals surface area contributed by atoms with Gasteiger partial charge < -0.3 is 4.90 Å². The van der Waals surface area contributed by atoms with Gasteiger partial charge >= 0.3 is 0 Å². The zero-order valence-electron chi connectivity index (χ0n) is 13.4. The number of carbonyl (C=O) groups is 1. The molecule has 1 amide bonds. The van der Waals surface area contributed by atoms with Crippen molar-refractivity contribution in [1.29, 1.82) is 0 Å². The molecule has 1 aliphatic rings. The molecular weight excluding hydrogens is 308 g/mol. The van der Waals surface area contributed by atoms with E-state index in [1.807, 2.05) is 26.0 Å². The molecule has 0 bridgehead atoms. The first kappa shape index (κ1) is 15.7. The minimum atomic E-state index is -0.0942. The Labute approximate surface area is 140 Å². The van der Waals surface area contributed by atoms with Crippen molar-refractivity contribution in [3.63, 3.8) is 0 Å². The van der Waals surface area contributed by atoms with Crippen molar-refractivity contribution in [2.75, 3.05) is 18.0 Å². The maximum atomic E-state index is 12.2. The second-order valence-corrected chi connectivity index (χ2v) is 6.51. The number of hydrazone groups is 1. The van der Waals surface area contributed by atoms with Crippen molar-refractivity contribution in [3.05, 3.63) is 45.9 Å². The van der Waals surface area contributed by atoms with Gasteiger partial charge in [0.25, 0.3) is 5.91 Å². The summed E-state index contributed by atoms with van der Waals surface area (Å²) >= 11 is 1.53. The van der Waals surface area contributed by atoms with E-state index in [4.69, 9.17) is 0 Å². The Morgan fingerprint density at radius 3 is 3.04 bits per heavy atom. The topological polar surface area (TPSA) is 57.6 Å². The molecule has 23 heavy (non-hydrogen) atoms. The molecule has 5 nitrogen and oxygen atoms in total. The fourth-order valence-electron chi connectivity index (χ4n) is 2.83. The first-order chi connectivity index (χ1) is 11.1. The van der Waals surface area contributed by atoms with Crippen molar-refractivity contribution >= 4 is 28.6 Å². The average Bonchev–Trinajstić information content (AvgIpc) is 2.99. The second-order valence-electron chi connectivity index (χ2n) is 5.65. The molecule has 2 aromatic rings. The Hall–Kier alpha value is -2.21. The Morgan fingerprint density at radius 2 is 2.26 bits per heavy atom. The van der Waals surface area contributed by atoms with Gasteiger partial charge in [0.05, 0.1) is 28.3 Å². The molecule has 3 rings (SSSR count). The zero-order chi connectivity index (χ0) is 16.2. The van der Waals surface area contributed by atoms with Crippen molar-refractivity contribution in [3.8, 4) is 0 Å². The molecule has 0 aliphatic carbocycles. The lowest BCUT2D eigenvalue weighted by molar-refractivity contribution is -0.119. The maximum Gasteiger partial charge on any atom is 0.259 e. The molecule has 120 valence electrons. The van der Waals surface area contributed by atoms with Crippen molar-refractivity contribution < 1.29 is 4.79 Å². The van der Waals surface area contributed by atoms with E-state index in [0.717, 1.165) is 41.4 Å². The normalized spacial score (nSPS) is 14.5. The number of carbonyl (C=O) groups excluding carboxylic acids is 1. The molecule has 0 saturated heterocycles. The quantitative estimate of drug-likeness (QED) is 0.693. The molecule has 1 aromatic heterocycles. The van der Waals surface area contributed by atoms with E-state index in [-0.39, 0.29) is 5.91 Å². The molecule has 2 heterocycles. The summed E-state index contributed by atoms with van der Waals surface area (Å²) in [7, 11) is 0. The molecule has 0 saturated carbocycles. The highest BCUT2D eigenvalue weighted by molar-refractivity contribution is 7.12. The number of nitrogens with zero attached hydrogens (tertiary/aromatic N) is 3. The van der Waals surface area contributed by atoms with Gasteiger partial charge in [-0.2, -0.15) is 5.10 Å². The number of thiazole rings is 1. The molecule has 0 unspecified atom stereocenters. The molecular formula is C17H20N4OS. The predicted octanol–water partition coefficient (Wildman–Crippen LogP) is 2.74. The third-order valence-corrected chi connectivity index (χ3v) is 5.00. The van der Waals surface area contributed by atoms with Gasteiger partial charge in [-0.3, -0.25) is 4.79 Å². The van der Waals surface area contributed by atoms with E-state index in [1.165, 1.54) is 16.9 Å². The van der Waals surface area contributed by atoms with Crippen LogP contribution in [-0.2, 0) is 11.2 Å². The third kappa shape index (κ3) is 3.59. The standard InChI is InChI=1S/C17H20N4OS/c1-12-17(23-11-18-12)13(2)19-20-16(22)10-21-9-5-7-14-6-3-4-8-15(14)21/h3-4,6,8,11H,5,7,9-10H2,1-2H3,(H,20,22). The number of benzene rings is 1. The molecule has 1 aliphatic heterocycles. The van der Waals surface area contributed by atoms with Gasteiger partial charge in [-0.15, -0.1) is 11.3 Å². The summed E-state index contributed by atoms with van der Waals surface area (Å²) in [6, 6.07) is 8.28. The molecule has 0 radical (unpaired) electrons. The SMILES string of the molecule is CC(=NNC(=O)CN1CCCc2ccccc21)c1scnc1C. The summed E-state index contributed by atoms with van der Waals surface area (Å²) in [5.74, 6) is -0.0942. The number of rotatable bonds is 4. The first-order valence-corrected chi connectivity index (χ1v) is 8.59. The van der Waals surface area contributed by atoms with E-state index in [1.54, 1.807) is 5.51 Å². The van der Waals surface area contributed by atoms with Crippen LogP contribution in [0.2, 0.25) is 0 Å². The lowest BCUT2D eigenvalue weighted by Gasteiger charge is -2.30. The average molecular weight is 328 g/mol. The Balaban J connectivity index is 1.64. The fraction of sp³-hybridized carbons (Fsp3) is 0.353. The van der Waals surface area contributed by atoms with Crippen molar-refractivity contribution in [1.82, 2.24) is 10.4 Å². The molecule has 0 atom stereocenters. The highest BCUT2D eigenvalue weighted by Gasteiger charge is 2.18. The number of aromatic nitrogens is 1. The zero-order valence-corrected chi connectivity index (χ0v) is 14.2. The van der Waals surface area contributed by atoms with Gasteiger partial charge in [0.2, 0.25) is 0 Å². The summed E-state index contributed by atoms with van der Waals surface area (Å²) < 4.78 is 0. The van der Waals surface area contributed by atoms with Gasteiger partial charge in [0.1, 0.15) is 0 Å². The minimum Gasteiger partial charge on any atom is -0.362 e. The summed E-state index contributed by atoms with van der Waals surface area (Å²) in [5.41, 5.74) is 8.65. The highest BCUT2D eigenvalue weighted by atomic mass is 32.1. The van der Waals surface area contributed by atoms with Crippen LogP contribution in [-0.4, -0.2) is 29.7 Å². The van der Waals surface area contributed by atoms with Crippen LogP contribution in [0.3, 0.4) is 0 Å². The van der Waals surface area contributed by atoms with Crippen LogP contribution in [0.4, 0.5) is 5.69 Å². The van der Waals surface area contributed by atoms with E-state index >= 15 is 0 Å². The van der Waals surface area contributed by atoms with Crippen LogP contribution < -0.4 is 10.3 Å². The molecule has 0 spiro atoms. The number of nitrogens with one attached hydrogen (secondary N) is 1. The third-order valence-electron chi connectivity index (χ3n) is 3.96. The lowest BCUT2D eigenvalue weighted by Crippen LogP contribution is -2.38. The van der Waals surface area contributed by atoms with Crippen LogP contribution in [0.5, 0.6) is 0 Å². The molecule has 1 aromatic carbocycles. The number of amides is 1. The fourth-order valence-corrected chi connectivity index (χ4v) is 3.59. The summed E-state index contributed by atoms with van der Waals surface area (Å²) in [4.78, 5) is 19.5. The van der Waals surface area contributed by atoms with Crippen LogP contribution in [0.1, 0.15) is 29.5 Å². The summed E-state index contributed by atoms with van der Waals surface area (Å²) in [6.07, 6.45) is 2.16. The van der Waals surface area contributed by atoms with Gasteiger partial charge in [-0.25, -0.2) is 10.4 Å². The number of para-hydroxylation sites is 1. The van der Waals surface area contributed by atoms with Crippen LogP contribution in [0.25, 0.3) is 0 Å². The van der Waals surface area contributed by atoms with Gasteiger partial charge in [-0.05, 0) is 38.3 Å². The molecule has 1 N–H and O–H groups in total. The number of fused-ring (bicyclic) bond motifs is 1. The largest absolute Gasteiger partial charge is 0.362 e. The highest BCUT2D eigenvalue weighted by Crippen LogP contribution is 2.26. The first-order valence-electron chi connectivity index (χ1n) is 7.71. The summed E-state index contributed by atoms with van der Waals surface area (Å²) in [5, 5.41) is 4.21. The second kappa shape index (κ2) is 6.91. The Kier molecular flexibility index (Phi) is 4.71. The van der Waals surface area contributed by atoms with Crippen LogP contribution in [0.15, 0.2) is 34.9 Å². The Bertz CT molecular complexity index is 738. The van der Waals surface area contributed by atoms with E-state index in [0.29, 0.717) is 6.54 Å². The van der Waals surface area contributed by atoms with Gasteiger partial charge in [0.15, 0.2) is 0 Å². The minimum absolute atomic E-state index is 0.0942. The van der Waals surface area contributed by atoms with E-state index < -0.39 is 0 Å².